The Balaban J connectivity index is 1.39. The lowest BCUT2D eigenvalue weighted by atomic mass is 9.97. The van der Waals surface area contributed by atoms with Gasteiger partial charge in [-0.2, -0.15) is 0 Å². The van der Waals surface area contributed by atoms with Gasteiger partial charge in [0.15, 0.2) is 0 Å². The van der Waals surface area contributed by atoms with Crippen molar-refractivity contribution in [2.45, 2.75) is 96.3 Å². The fraction of sp³-hybridized carbons (Fsp3) is 0.545. The van der Waals surface area contributed by atoms with Crippen molar-refractivity contribution in [3.05, 3.63) is 69.8 Å². The highest BCUT2D eigenvalue weighted by Gasteiger charge is 2.17. The van der Waals surface area contributed by atoms with Crippen LogP contribution in [0.3, 0.4) is 0 Å². The summed E-state index contributed by atoms with van der Waals surface area (Å²) < 4.78 is 0. The van der Waals surface area contributed by atoms with Gasteiger partial charge in [0.25, 0.3) is 17.7 Å². The van der Waals surface area contributed by atoms with Crippen LogP contribution in [0.1, 0.15) is 127 Å². The molecule has 6 heteroatoms. The number of carbonyl (C=O) groups is 3. The molecule has 0 fully saturated rings. The summed E-state index contributed by atoms with van der Waals surface area (Å²) in [6, 6.07) is 4.82. The van der Waals surface area contributed by atoms with Gasteiger partial charge in [-0.05, 0) is 115 Å². The number of allylic oxidation sites excluding steroid dienone is 3. The maximum atomic E-state index is 13.1. The van der Waals surface area contributed by atoms with Crippen molar-refractivity contribution in [2.24, 2.45) is 0 Å². The van der Waals surface area contributed by atoms with Gasteiger partial charge >= 0.3 is 0 Å². The zero-order valence-electron chi connectivity index (χ0n) is 23.4. The third-order valence-electron chi connectivity index (χ3n) is 8.07. The van der Waals surface area contributed by atoms with Gasteiger partial charge in [-0.25, -0.2) is 0 Å². The minimum Gasteiger partial charge on any atom is -0.352 e. The smallest absolute Gasteiger partial charge is 0.251 e. The van der Waals surface area contributed by atoms with Crippen LogP contribution in [0.4, 0.5) is 0 Å². The van der Waals surface area contributed by atoms with E-state index in [4.69, 9.17) is 0 Å². The van der Waals surface area contributed by atoms with Crippen LogP contribution in [0, 0.1) is 0 Å². The van der Waals surface area contributed by atoms with Gasteiger partial charge < -0.3 is 16.0 Å². The SMILES string of the molecule is O=C(NCCC1=CCCCC1)c1cc(C(=O)NCCC2=CCCCC2)cc(C(=O)NCCC2=CCCCC2)c1. The van der Waals surface area contributed by atoms with E-state index in [2.05, 4.69) is 34.2 Å². The summed E-state index contributed by atoms with van der Waals surface area (Å²) in [4.78, 5) is 39.2. The van der Waals surface area contributed by atoms with Gasteiger partial charge in [-0.1, -0.05) is 34.9 Å². The van der Waals surface area contributed by atoms with Crippen molar-refractivity contribution in [3.63, 3.8) is 0 Å². The zero-order valence-corrected chi connectivity index (χ0v) is 23.4. The molecule has 0 spiro atoms. The highest BCUT2D eigenvalue weighted by molar-refractivity contribution is 6.04. The molecule has 0 saturated carbocycles. The lowest BCUT2D eigenvalue weighted by molar-refractivity contribution is 0.0953. The van der Waals surface area contributed by atoms with Crippen molar-refractivity contribution in [1.29, 1.82) is 0 Å². The van der Waals surface area contributed by atoms with Crippen LogP contribution in [0.2, 0.25) is 0 Å². The predicted molar refractivity (Wildman–Crippen MR) is 157 cm³/mol. The fourth-order valence-electron chi connectivity index (χ4n) is 5.73. The highest BCUT2D eigenvalue weighted by Crippen LogP contribution is 2.21. The molecule has 0 aliphatic heterocycles. The maximum Gasteiger partial charge on any atom is 0.251 e. The number of carbonyl (C=O) groups excluding carboxylic acids is 3. The minimum atomic E-state index is -0.255. The van der Waals surface area contributed by atoms with Crippen LogP contribution in [-0.4, -0.2) is 37.4 Å². The van der Waals surface area contributed by atoms with Crippen LogP contribution >= 0.6 is 0 Å². The largest absolute Gasteiger partial charge is 0.352 e. The molecule has 4 rings (SSSR count). The van der Waals surface area contributed by atoms with Gasteiger partial charge in [-0.15, -0.1) is 0 Å². The Hall–Kier alpha value is -3.15. The minimum absolute atomic E-state index is 0.255. The molecule has 39 heavy (non-hydrogen) atoms. The first-order valence-electron chi connectivity index (χ1n) is 15.1. The molecular weight excluding hydrogens is 486 g/mol. The second-order valence-electron chi connectivity index (χ2n) is 11.1. The Labute approximate surface area is 233 Å². The molecule has 0 unspecified atom stereocenters. The Morgan fingerprint density at radius 3 is 1.05 bits per heavy atom. The first-order valence-corrected chi connectivity index (χ1v) is 15.1. The van der Waals surface area contributed by atoms with Crippen LogP contribution in [-0.2, 0) is 0 Å². The van der Waals surface area contributed by atoms with Gasteiger partial charge in [0.05, 0.1) is 0 Å². The van der Waals surface area contributed by atoms with E-state index in [0.29, 0.717) is 36.3 Å². The Bertz CT molecular complexity index is 965. The number of hydrogen-bond donors (Lipinski definition) is 3. The Morgan fingerprint density at radius 1 is 0.487 bits per heavy atom. The lowest BCUT2D eigenvalue weighted by Gasteiger charge is -2.15. The van der Waals surface area contributed by atoms with E-state index in [9.17, 15) is 14.4 Å². The van der Waals surface area contributed by atoms with E-state index in [0.717, 1.165) is 57.8 Å². The summed E-state index contributed by atoms with van der Waals surface area (Å²) >= 11 is 0. The van der Waals surface area contributed by atoms with E-state index in [-0.39, 0.29) is 17.7 Å². The average Bonchev–Trinajstić information content (AvgIpc) is 2.98. The van der Waals surface area contributed by atoms with Crippen LogP contribution in [0.5, 0.6) is 0 Å². The molecule has 1 aromatic rings. The van der Waals surface area contributed by atoms with E-state index >= 15 is 0 Å². The number of nitrogens with one attached hydrogen (secondary N) is 3. The molecule has 3 aliphatic carbocycles. The van der Waals surface area contributed by atoms with E-state index < -0.39 is 0 Å². The van der Waals surface area contributed by atoms with Crippen molar-refractivity contribution >= 4 is 17.7 Å². The summed E-state index contributed by atoms with van der Waals surface area (Å²) in [6.45, 7) is 1.65. The third kappa shape index (κ3) is 9.52. The lowest BCUT2D eigenvalue weighted by Crippen LogP contribution is -2.29. The van der Waals surface area contributed by atoms with Crippen LogP contribution in [0.15, 0.2) is 53.1 Å². The Morgan fingerprint density at radius 2 is 0.795 bits per heavy atom. The van der Waals surface area contributed by atoms with Crippen LogP contribution < -0.4 is 16.0 Å². The highest BCUT2D eigenvalue weighted by atomic mass is 16.2. The van der Waals surface area contributed by atoms with E-state index in [1.54, 1.807) is 18.2 Å². The monoisotopic (exact) mass is 531 g/mol. The molecule has 3 aliphatic rings. The van der Waals surface area contributed by atoms with Gasteiger partial charge in [0.2, 0.25) is 0 Å². The molecule has 0 atom stereocenters. The molecule has 3 amide bonds. The molecule has 210 valence electrons. The molecule has 0 saturated heterocycles. The second kappa shape index (κ2) is 15.4. The van der Waals surface area contributed by atoms with E-state index in [1.165, 1.54) is 55.2 Å². The standard InChI is InChI=1S/C33H45N3O3/c37-31(34-19-16-25-10-4-1-5-11-25)28-22-29(32(38)35-20-17-26-12-6-2-7-13-26)24-30(23-28)33(39)36-21-18-27-14-8-3-9-15-27/h10,12,14,22-24H,1-9,11,13,15-21H2,(H,34,37)(H,35,38)(H,36,39). The molecule has 0 radical (unpaired) electrons. The third-order valence-corrected chi connectivity index (χ3v) is 8.07. The number of benzene rings is 1. The summed E-state index contributed by atoms with van der Waals surface area (Å²) in [5.41, 5.74) is 5.23. The molecular formula is C33H45N3O3. The second-order valence-corrected chi connectivity index (χ2v) is 11.1. The van der Waals surface area contributed by atoms with Crippen molar-refractivity contribution in [2.75, 3.05) is 19.6 Å². The van der Waals surface area contributed by atoms with Crippen molar-refractivity contribution in [1.82, 2.24) is 16.0 Å². The molecule has 1 aromatic carbocycles. The first-order chi connectivity index (χ1) is 19.1. The number of hydrogen-bond acceptors (Lipinski definition) is 3. The molecule has 0 aromatic heterocycles. The summed E-state index contributed by atoms with van der Waals surface area (Å²) in [6.07, 6.45) is 23.4. The summed E-state index contributed by atoms with van der Waals surface area (Å²) in [5.74, 6) is -0.764. The summed E-state index contributed by atoms with van der Waals surface area (Å²) in [5, 5.41) is 8.98. The van der Waals surface area contributed by atoms with Gasteiger partial charge in [0.1, 0.15) is 0 Å². The molecule has 3 N–H and O–H groups in total. The van der Waals surface area contributed by atoms with E-state index in [1.807, 2.05) is 0 Å². The fourth-order valence-corrected chi connectivity index (χ4v) is 5.73. The topological polar surface area (TPSA) is 87.3 Å². The zero-order chi connectivity index (χ0) is 27.3. The normalized spacial score (nSPS) is 17.4. The van der Waals surface area contributed by atoms with Crippen LogP contribution in [0.25, 0.3) is 0 Å². The van der Waals surface area contributed by atoms with Crippen molar-refractivity contribution in [3.8, 4) is 0 Å². The molecule has 6 nitrogen and oxygen atoms in total. The number of rotatable bonds is 12. The predicted octanol–water partition coefficient (Wildman–Crippen LogP) is 6.55. The summed E-state index contributed by atoms with van der Waals surface area (Å²) in [7, 11) is 0. The molecule has 0 heterocycles. The maximum absolute atomic E-state index is 13.1. The van der Waals surface area contributed by atoms with Gasteiger partial charge in [-0.3, -0.25) is 14.4 Å². The van der Waals surface area contributed by atoms with Gasteiger partial charge in [0, 0.05) is 36.3 Å². The average molecular weight is 532 g/mol. The Kier molecular flexibility index (Phi) is 11.4. The number of amides is 3. The van der Waals surface area contributed by atoms with Crippen molar-refractivity contribution < 1.29 is 14.4 Å². The quantitative estimate of drug-likeness (QED) is 0.267. The first kappa shape index (κ1) is 28.8. The molecule has 0 bridgehead atoms.